The van der Waals surface area contributed by atoms with Crippen molar-refractivity contribution >= 4 is 21.6 Å². The second-order valence-corrected chi connectivity index (χ2v) is 8.09. The van der Waals surface area contributed by atoms with Gasteiger partial charge in [0.15, 0.2) is 12.3 Å². The lowest BCUT2D eigenvalue weighted by atomic mass is 10.1. The molecule has 0 saturated carbocycles. The Balaban J connectivity index is 1.35. The molecule has 11 heteroatoms. The average Bonchev–Trinajstić information content (AvgIpc) is 3.53. The van der Waals surface area contributed by atoms with Gasteiger partial charge in [0.2, 0.25) is 5.82 Å². The first-order valence-electron chi connectivity index (χ1n) is 10.5. The van der Waals surface area contributed by atoms with E-state index in [9.17, 15) is 0 Å². The molecule has 0 saturated heterocycles. The highest BCUT2D eigenvalue weighted by Gasteiger charge is 2.17. The average molecular weight is 532 g/mol. The molecule has 0 N–H and O–H groups in total. The number of aromatic nitrogens is 6. The molecule has 0 fully saturated rings. The van der Waals surface area contributed by atoms with Gasteiger partial charge in [-0.15, -0.1) is 15.3 Å². The van der Waals surface area contributed by atoms with Crippen LogP contribution in [0.1, 0.15) is 17.3 Å². The van der Waals surface area contributed by atoms with Crippen LogP contribution in [0.25, 0.3) is 11.5 Å². The Kier molecular flexibility index (Phi) is 6.57. The number of ether oxygens (including phenoxy) is 1. The minimum absolute atomic E-state index is 0.0398. The van der Waals surface area contributed by atoms with Gasteiger partial charge in [-0.2, -0.15) is 0 Å². The molecule has 0 spiro atoms. The molecule has 10 nitrogen and oxygen atoms in total. The lowest BCUT2D eigenvalue weighted by Gasteiger charge is -2.10. The lowest BCUT2D eigenvalue weighted by molar-refractivity contribution is 0.111. The Morgan fingerprint density at radius 2 is 1.66 bits per heavy atom. The van der Waals surface area contributed by atoms with E-state index in [1.54, 1.807) is 7.05 Å². The molecule has 0 amide bonds. The molecule has 0 aliphatic heterocycles. The van der Waals surface area contributed by atoms with Crippen LogP contribution in [0.3, 0.4) is 0 Å². The van der Waals surface area contributed by atoms with Gasteiger partial charge in [-0.3, -0.25) is 0 Å². The van der Waals surface area contributed by atoms with Crippen LogP contribution in [0.15, 0.2) is 92.9 Å². The molecule has 2 heterocycles. The number of para-hydroxylation sites is 2. The fourth-order valence-electron chi connectivity index (χ4n) is 3.20. The number of halogens is 1. The maximum absolute atomic E-state index is 6.07. The Morgan fingerprint density at radius 3 is 2.43 bits per heavy atom. The van der Waals surface area contributed by atoms with E-state index in [2.05, 4.69) is 46.8 Å². The van der Waals surface area contributed by atoms with Crippen molar-refractivity contribution in [2.45, 2.75) is 6.61 Å². The summed E-state index contributed by atoms with van der Waals surface area (Å²) in [6.45, 7) is -0.0398. The van der Waals surface area contributed by atoms with Gasteiger partial charge in [0, 0.05) is 12.6 Å². The monoisotopic (exact) mass is 531 g/mol. The van der Waals surface area contributed by atoms with E-state index in [4.69, 9.17) is 14.0 Å². The van der Waals surface area contributed by atoms with E-state index in [0.29, 0.717) is 34.5 Å². The number of nitrogens with zero attached hydrogens (tertiary/aromatic N) is 7. The van der Waals surface area contributed by atoms with Gasteiger partial charge in [0.05, 0.1) is 10.0 Å². The standard InChI is InChI=1S/C24H18BrN7O3/c1-32-23(27-30-31-32)22(16-9-3-2-4-10-16)29-33-15-21-26-28-24(35-21)17-11-5-7-13-19(17)34-20-14-8-6-12-18(20)25/h2-14H,15H2,1H3/b29-22-. The van der Waals surface area contributed by atoms with Crippen molar-refractivity contribution in [1.29, 1.82) is 0 Å². The van der Waals surface area contributed by atoms with Gasteiger partial charge in [-0.1, -0.05) is 59.8 Å². The van der Waals surface area contributed by atoms with Crippen LogP contribution in [0.4, 0.5) is 0 Å². The third kappa shape index (κ3) is 5.09. The Bertz CT molecular complexity index is 1470. The summed E-state index contributed by atoms with van der Waals surface area (Å²) < 4.78 is 14.2. The Labute approximate surface area is 208 Å². The highest BCUT2D eigenvalue weighted by molar-refractivity contribution is 9.10. The number of oxime groups is 1. The molecule has 35 heavy (non-hydrogen) atoms. The van der Waals surface area contributed by atoms with Gasteiger partial charge in [-0.05, 0) is 50.6 Å². The van der Waals surface area contributed by atoms with Gasteiger partial charge < -0.3 is 14.0 Å². The summed E-state index contributed by atoms with van der Waals surface area (Å²) in [4.78, 5) is 5.55. The molecule has 5 rings (SSSR count). The van der Waals surface area contributed by atoms with Crippen molar-refractivity contribution < 1.29 is 14.0 Å². The summed E-state index contributed by atoms with van der Waals surface area (Å²) in [5, 5.41) is 24.1. The van der Waals surface area contributed by atoms with Gasteiger partial charge in [0.1, 0.15) is 11.5 Å². The topological polar surface area (TPSA) is 113 Å². The maximum Gasteiger partial charge on any atom is 0.257 e. The highest BCUT2D eigenvalue weighted by Crippen LogP contribution is 2.35. The summed E-state index contributed by atoms with van der Waals surface area (Å²) in [7, 11) is 1.73. The fourth-order valence-corrected chi connectivity index (χ4v) is 3.57. The maximum atomic E-state index is 6.07. The highest BCUT2D eigenvalue weighted by atomic mass is 79.9. The minimum atomic E-state index is -0.0398. The summed E-state index contributed by atoms with van der Waals surface area (Å²) in [6.07, 6.45) is 0. The quantitative estimate of drug-likeness (QED) is 0.207. The first-order valence-corrected chi connectivity index (χ1v) is 11.3. The SMILES string of the molecule is Cn1nnnc1/C(=N\OCc1nnc(-c2ccccc2Oc2ccccc2Br)o1)c1ccccc1. The van der Waals surface area contributed by atoms with Crippen LogP contribution in [0.5, 0.6) is 11.5 Å². The molecule has 5 aromatic rings. The first-order chi connectivity index (χ1) is 17.2. The zero-order valence-corrected chi connectivity index (χ0v) is 20.0. The van der Waals surface area contributed by atoms with Crippen LogP contribution < -0.4 is 4.74 Å². The molecule has 0 aliphatic rings. The van der Waals surface area contributed by atoms with E-state index >= 15 is 0 Å². The zero-order chi connectivity index (χ0) is 24.0. The molecule has 0 aliphatic carbocycles. The molecular formula is C24H18BrN7O3. The summed E-state index contributed by atoms with van der Waals surface area (Å²) in [5.41, 5.74) is 1.93. The predicted octanol–water partition coefficient (Wildman–Crippen LogP) is 4.78. The second-order valence-electron chi connectivity index (χ2n) is 7.24. The number of benzene rings is 3. The Morgan fingerprint density at radius 1 is 0.914 bits per heavy atom. The number of hydrogen-bond donors (Lipinski definition) is 0. The zero-order valence-electron chi connectivity index (χ0n) is 18.4. The molecule has 2 aromatic heterocycles. The number of tetrazole rings is 1. The van der Waals surface area contributed by atoms with Crippen LogP contribution in [-0.4, -0.2) is 36.1 Å². The largest absolute Gasteiger partial charge is 0.455 e. The van der Waals surface area contributed by atoms with Gasteiger partial charge >= 0.3 is 0 Å². The van der Waals surface area contributed by atoms with Crippen LogP contribution >= 0.6 is 15.9 Å². The van der Waals surface area contributed by atoms with E-state index in [0.717, 1.165) is 10.0 Å². The number of rotatable bonds is 8. The smallest absolute Gasteiger partial charge is 0.257 e. The second kappa shape index (κ2) is 10.3. The van der Waals surface area contributed by atoms with Crippen molar-refractivity contribution in [1.82, 2.24) is 30.4 Å². The molecule has 0 unspecified atom stereocenters. The van der Waals surface area contributed by atoms with E-state index in [1.165, 1.54) is 4.68 Å². The van der Waals surface area contributed by atoms with E-state index < -0.39 is 0 Å². The summed E-state index contributed by atoms with van der Waals surface area (Å²) >= 11 is 3.50. The van der Waals surface area contributed by atoms with Crippen molar-refractivity contribution in [3.63, 3.8) is 0 Å². The number of aryl methyl sites for hydroxylation is 1. The minimum Gasteiger partial charge on any atom is -0.455 e. The van der Waals surface area contributed by atoms with E-state index in [1.807, 2.05) is 78.9 Å². The summed E-state index contributed by atoms with van der Waals surface area (Å²) in [5.74, 6) is 2.26. The molecule has 174 valence electrons. The first kappa shape index (κ1) is 22.4. The molecular weight excluding hydrogens is 514 g/mol. The van der Waals surface area contributed by atoms with Crippen LogP contribution in [0.2, 0.25) is 0 Å². The van der Waals surface area contributed by atoms with Crippen LogP contribution in [0, 0.1) is 0 Å². The molecule has 3 aromatic carbocycles. The molecule has 0 bridgehead atoms. The predicted molar refractivity (Wildman–Crippen MR) is 130 cm³/mol. The van der Waals surface area contributed by atoms with E-state index in [-0.39, 0.29) is 12.5 Å². The Hall–Kier alpha value is -4.38. The van der Waals surface area contributed by atoms with Crippen LogP contribution in [-0.2, 0) is 18.5 Å². The lowest BCUT2D eigenvalue weighted by Crippen LogP contribution is -2.12. The van der Waals surface area contributed by atoms with Gasteiger partial charge in [-0.25, -0.2) is 4.68 Å². The normalized spacial score (nSPS) is 11.4. The van der Waals surface area contributed by atoms with Crippen molar-refractivity contribution in [3.8, 4) is 23.0 Å². The third-order valence-electron chi connectivity index (χ3n) is 4.86. The van der Waals surface area contributed by atoms with Crippen molar-refractivity contribution in [2.24, 2.45) is 12.2 Å². The molecule has 0 radical (unpaired) electrons. The van der Waals surface area contributed by atoms with Crippen molar-refractivity contribution in [2.75, 3.05) is 0 Å². The van der Waals surface area contributed by atoms with Crippen molar-refractivity contribution in [3.05, 3.63) is 101 Å². The number of hydrogen-bond acceptors (Lipinski definition) is 9. The fraction of sp³-hybridized carbons (Fsp3) is 0.0833. The molecule has 0 atom stereocenters. The summed E-state index contributed by atoms with van der Waals surface area (Å²) in [6, 6.07) is 24.5. The third-order valence-corrected chi connectivity index (χ3v) is 5.52. The van der Waals surface area contributed by atoms with Gasteiger partial charge in [0.25, 0.3) is 11.8 Å².